The Hall–Kier alpha value is -8.23. The minimum Gasteiger partial charge on any atom is -0.506 e. The number of phenolic OH excluding ortho intramolecular Hbond substituents is 1. The Bertz CT molecular complexity index is 3080. The number of thiocarbonyl (C=S) groups is 1. The lowest BCUT2D eigenvalue weighted by molar-refractivity contribution is -0.260. The molecule has 0 radical (unpaired) electrons. The number of amides is 6. The molecule has 0 aromatic heterocycles. The summed E-state index contributed by atoms with van der Waals surface area (Å²) < 4.78 is 87.9. The molecule has 29 nitrogen and oxygen atoms in total. The second kappa shape index (κ2) is 27.6. The van der Waals surface area contributed by atoms with E-state index in [0.29, 0.717) is 17.7 Å². The van der Waals surface area contributed by atoms with E-state index in [-0.39, 0.29) is 29.8 Å². The van der Waals surface area contributed by atoms with Crippen molar-refractivity contribution in [3.63, 3.8) is 0 Å². The number of phenols is 1. The summed E-state index contributed by atoms with van der Waals surface area (Å²) in [5.41, 5.74) is 7.91. The molecule has 0 saturated carbocycles. The number of aliphatic imine (C=N–C) groups is 2. The number of nitrogens with zero attached hydrogens (tertiary/aromatic N) is 3. The van der Waals surface area contributed by atoms with E-state index in [0.717, 1.165) is 17.0 Å². The molecule has 7 rings (SSSR count). The quantitative estimate of drug-likeness (QED) is 0.0433. The number of rotatable bonds is 13. The van der Waals surface area contributed by atoms with Crippen LogP contribution in [0.4, 0.5) is 37.7 Å². The Morgan fingerprint density at radius 3 is 1.93 bits per heavy atom. The van der Waals surface area contributed by atoms with Crippen LogP contribution >= 0.6 is 12.2 Å². The van der Waals surface area contributed by atoms with Crippen molar-refractivity contribution < 1.29 is 101 Å². The maximum atomic E-state index is 15.1. The first-order chi connectivity index (χ1) is 40.9. The first-order valence-electron chi connectivity index (χ1n) is 26.4. The number of benzene rings is 3. The summed E-state index contributed by atoms with van der Waals surface area (Å²) in [6.07, 6.45) is -25.0. The Morgan fingerprint density at radius 1 is 0.713 bits per heavy atom. The van der Waals surface area contributed by atoms with Crippen molar-refractivity contribution in [1.29, 1.82) is 0 Å². The minimum absolute atomic E-state index is 0.0287. The molecule has 6 amide bonds. The Kier molecular flexibility index (Phi) is 21.1. The lowest BCUT2D eigenvalue weighted by atomic mass is 9.92. The summed E-state index contributed by atoms with van der Waals surface area (Å²) in [7, 11) is 0. The van der Waals surface area contributed by atoms with Crippen LogP contribution < -0.4 is 59.3 Å². The van der Waals surface area contributed by atoms with E-state index in [4.69, 9.17) is 28.4 Å². The number of carbonyl (C=O) groups is 6. The molecule has 3 aromatic rings. The van der Waals surface area contributed by atoms with Crippen LogP contribution in [0.3, 0.4) is 0 Å². The molecule has 15 unspecified atom stereocenters. The number of aromatic hydroxyl groups is 1. The van der Waals surface area contributed by atoms with Crippen molar-refractivity contribution in [3.05, 3.63) is 89.0 Å². The minimum atomic E-state index is -5.23. The standard InChI is InChI=1S/C51H62F6N14O15S/c1-19(21-5-3-2-4-6-21)33-43(83)64-26(10-20-7-8-30(74)25(9-20)67-49(87)63-24-12-22(50(52,53)54)11-23(13-24)51(55,56)57)42(82)69-34(36(76)27-14-61-47(58)66-27)45(85)70-35(44(84)65-28(17-72)41(81)60-16-32(75)68-33)37(77)29-15-62-48(59)71(29)46-40(80)39(79)38(78)31(18-73)86-46/h2-9,11-13,19,26-29,31,33-40,46,72-74,76-80H,10,14-18H2,1H3,(H2,59,62)(H,60,81)(H,64,83)(H,65,84)(H,68,75)(H,69,82)(H,70,85)(H3,58,61,66)(H2,63,67,87). The Balaban J connectivity index is 1.28. The predicted molar refractivity (Wildman–Crippen MR) is 294 cm³/mol. The third-order valence-electron chi connectivity index (χ3n) is 14.5. The van der Waals surface area contributed by atoms with Crippen molar-refractivity contribution >= 4 is 76.1 Å². The van der Waals surface area contributed by atoms with Crippen LogP contribution in [0.2, 0.25) is 0 Å². The van der Waals surface area contributed by atoms with Gasteiger partial charge in [-0.15, -0.1) is 0 Å². The highest BCUT2D eigenvalue weighted by Crippen LogP contribution is 2.38. The molecule has 4 aliphatic heterocycles. The summed E-state index contributed by atoms with van der Waals surface area (Å²) in [6, 6.07) is -1.41. The van der Waals surface area contributed by atoms with Gasteiger partial charge in [0.25, 0.3) is 0 Å². The normalized spacial score (nSPS) is 28.3. The average Bonchev–Trinajstić information content (AvgIpc) is 1.84. The molecule has 87 heavy (non-hydrogen) atoms. The summed E-state index contributed by atoms with van der Waals surface area (Å²) in [5.74, 6) is -10.1. The molecule has 21 N–H and O–H groups in total. The number of guanidine groups is 2. The molecule has 3 aromatic carbocycles. The van der Waals surface area contributed by atoms with Crippen LogP contribution in [-0.2, 0) is 52.3 Å². The molecule has 15 atom stereocenters. The highest BCUT2D eigenvalue weighted by Gasteiger charge is 2.52. The number of aliphatic hydroxyl groups is 7. The topological polar surface area (TPSA) is 462 Å². The van der Waals surface area contributed by atoms with E-state index < -0.39 is 205 Å². The lowest BCUT2D eigenvalue weighted by Crippen LogP contribution is -2.70. The number of anilines is 2. The van der Waals surface area contributed by atoms with Gasteiger partial charge in [-0.1, -0.05) is 43.3 Å². The number of carbonyl (C=O) groups excluding carboxylic acids is 6. The van der Waals surface area contributed by atoms with Gasteiger partial charge in [0.15, 0.2) is 23.3 Å². The van der Waals surface area contributed by atoms with Gasteiger partial charge in [-0.2, -0.15) is 26.3 Å². The fraction of sp³-hybridized carbons (Fsp3) is 0.471. The zero-order chi connectivity index (χ0) is 64.0. The van der Waals surface area contributed by atoms with E-state index in [2.05, 4.69) is 57.8 Å². The summed E-state index contributed by atoms with van der Waals surface area (Å²) in [5, 5.41) is 108. The van der Waals surface area contributed by atoms with Gasteiger partial charge in [0.2, 0.25) is 35.4 Å². The largest absolute Gasteiger partial charge is 0.506 e. The molecule has 0 spiro atoms. The maximum Gasteiger partial charge on any atom is 0.416 e. The van der Waals surface area contributed by atoms with Gasteiger partial charge in [0.05, 0.1) is 61.7 Å². The monoisotopic (exact) mass is 1260 g/mol. The van der Waals surface area contributed by atoms with Gasteiger partial charge in [-0.25, -0.2) is 0 Å². The van der Waals surface area contributed by atoms with Gasteiger partial charge in [-0.05, 0) is 53.7 Å². The molecule has 36 heteroatoms. The van der Waals surface area contributed by atoms with Gasteiger partial charge < -0.3 is 110 Å². The molecule has 474 valence electrons. The van der Waals surface area contributed by atoms with E-state index in [1.807, 2.05) is 0 Å². The number of aliphatic hydroxyl groups excluding tert-OH is 7. The number of ether oxygens (including phenoxy) is 1. The zero-order valence-electron chi connectivity index (χ0n) is 45.4. The molecule has 2 fully saturated rings. The van der Waals surface area contributed by atoms with Crippen LogP contribution in [0.15, 0.2) is 76.7 Å². The second-order valence-corrected chi connectivity index (χ2v) is 20.9. The van der Waals surface area contributed by atoms with Crippen molar-refractivity contribution in [2.75, 3.05) is 43.5 Å². The average molecular weight is 1260 g/mol. The van der Waals surface area contributed by atoms with E-state index >= 15 is 4.79 Å². The molecular formula is C51H62F6N14O15S. The fourth-order valence-electron chi connectivity index (χ4n) is 9.83. The van der Waals surface area contributed by atoms with Gasteiger partial charge >= 0.3 is 12.4 Å². The third kappa shape index (κ3) is 15.9. The highest BCUT2D eigenvalue weighted by molar-refractivity contribution is 7.80. The predicted octanol–water partition coefficient (Wildman–Crippen LogP) is -5.06. The van der Waals surface area contributed by atoms with Gasteiger partial charge in [0.1, 0.15) is 72.6 Å². The van der Waals surface area contributed by atoms with Crippen molar-refractivity contribution in [2.24, 2.45) is 21.5 Å². The second-order valence-electron chi connectivity index (χ2n) is 20.5. The van der Waals surface area contributed by atoms with Crippen molar-refractivity contribution in [2.45, 2.75) is 117 Å². The smallest absolute Gasteiger partial charge is 0.416 e. The SMILES string of the molecule is CC(c1ccccc1)C1NC(=O)CNC(=O)C(CO)NC(=O)C(C(O)C2CN=C(N)N2C2OC(CO)C(O)C(O)C2O)NC(=O)C(C(O)C2CN=C(N)N2)NC(=O)C(Cc2ccc(O)c(NC(=S)Nc3cc(C(F)(F)F)cc(C(F)(F)F)c3)c2)NC1=O. The number of nitrogens with one attached hydrogen (secondary N) is 9. The first-order valence-corrected chi connectivity index (χ1v) is 26.8. The number of nitrogens with two attached hydrogens (primary N) is 2. The van der Waals surface area contributed by atoms with E-state index in [1.165, 1.54) is 13.0 Å². The molecule has 2 saturated heterocycles. The number of alkyl halides is 6. The third-order valence-corrected chi connectivity index (χ3v) is 14.7. The number of hydrogen-bond acceptors (Lipinski definition) is 22. The molecule has 0 aliphatic carbocycles. The highest BCUT2D eigenvalue weighted by atomic mass is 32.1. The van der Waals surface area contributed by atoms with Gasteiger partial charge in [0, 0.05) is 18.0 Å². The number of hydrogen-bond donors (Lipinski definition) is 19. The van der Waals surface area contributed by atoms with E-state index in [9.17, 15) is 91.2 Å². The summed E-state index contributed by atoms with van der Waals surface area (Å²) in [4.78, 5) is 95.7. The van der Waals surface area contributed by atoms with Crippen molar-refractivity contribution in [1.82, 2.24) is 42.1 Å². The first kappa shape index (κ1) is 66.3. The fourth-order valence-corrected chi connectivity index (χ4v) is 10.1. The summed E-state index contributed by atoms with van der Waals surface area (Å²) in [6.45, 7) is -2.53. The Morgan fingerprint density at radius 2 is 1.32 bits per heavy atom. The van der Waals surface area contributed by atoms with Gasteiger partial charge in [-0.3, -0.25) is 38.8 Å². The van der Waals surface area contributed by atoms with Crippen LogP contribution in [-0.4, -0.2) is 216 Å². The Labute approximate surface area is 494 Å². The summed E-state index contributed by atoms with van der Waals surface area (Å²) >= 11 is 5.20. The lowest BCUT2D eigenvalue weighted by Gasteiger charge is -2.46. The maximum absolute atomic E-state index is 15.1. The zero-order valence-corrected chi connectivity index (χ0v) is 46.2. The molecule has 0 bridgehead atoms. The van der Waals surface area contributed by atoms with Crippen LogP contribution in [0.1, 0.15) is 35.1 Å². The molecule has 4 heterocycles. The van der Waals surface area contributed by atoms with Crippen LogP contribution in [0.25, 0.3) is 0 Å². The number of halogens is 6. The van der Waals surface area contributed by atoms with Crippen molar-refractivity contribution in [3.8, 4) is 5.75 Å². The van der Waals surface area contributed by atoms with Crippen LogP contribution in [0, 0.1) is 0 Å². The van der Waals surface area contributed by atoms with E-state index in [1.54, 1.807) is 30.3 Å². The van der Waals surface area contributed by atoms with Crippen LogP contribution in [0.5, 0.6) is 5.75 Å². The molecule has 4 aliphatic rings. The molecular weight excluding hydrogens is 1190 g/mol.